The van der Waals surface area contributed by atoms with E-state index in [1.165, 1.54) is 0 Å². The molecule has 0 heterocycles. The van der Waals surface area contributed by atoms with Crippen LogP contribution in [0, 0.1) is 0 Å². The van der Waals surface area contributed by atoms with Gasteiger partial charge in [0.2, 0.25) is 0 Å². The van der Waals surface area contributed by atoms with E-state index in [-0.39, 0.29) is 12.4 Å². The molecule has 0 amide bonds. The van der Waals surface area contributed by atoms with Crippen LogP contribution >= 0.6 is 11.6 Å². The summed E-state index contributed by atoms with van der Waals surface area (Å²) >= 11 is 6.00. The van der Waals surface area contributed by atoms with E-state index in [0.717, 1.165) is 11.1 Å². The van der Waals surface area contributed by atoms with Crippen LogP contribution in [0.5, 0.6) is 0 Å². The van der Waals surface area contributed by atoms with Crippen molar-refractivity contribution in [3.05, 3.63) is 70.7 Å². The van der Waals surface area contributed by atoms with Crippen LogP contribution in [0.15, 0.2) is 54.6 Å². The molecule has 0 saturated heterocycles. The van der Waals surface area contributed by atoms with Crippen molar-refractivity contribution < 1.29 is 9.53 Å². The zero-order chi connectivity index (χ0) is 13.5. The van der Waals surface area contributed by atoms with Crippen molar-refractivity contribution in [3.8, 4) is 0 Å². The number of carbonyl (C=O) groups is 1. The second kappa shape index (κ2) is 7.07. The monoisotopic (exact) mass is 274 g/mol. The van der Waals surface area contributed by atoms with E-state index in [1.54, 1.807) is 0 Å². The normalized spacial score (nSPS) is 10.4. The lowest BCUT2D eigenvalue weighted by Crippen LogP contribution is -2.11. The molecule has 0 radical (unpaired) electrons. The Kier molecular flexibility index (Phi) is 5.13. The number of ether oxygens (including phenoxy) is 1. The minimum absolute atomic E-state index is 0.0678. The topological polar surface area (TPSA) is 26.3 Å². The van der Waals surface area contributed by atoms with Crippen molar-refractivity contribution in [2.45, 2.75) is 13.0 Å². The summed E-state index contributed by atoms with van der Waals surface area (Å²) in [5.74, 6) is 0.0678. The molecule has 2 aromatic rings. The maximum absolute atomic E-state index is 11.7. The Morgan fingerprint density at radius 2 is 1.68 bits per heavy atom. The van der Waals surface area contributed by atoms with Gasteiger partial charge in [-0.05, 0) is 17.2 Å². The molecular formula is C16H15ClO2. The van der Waals surface area contributed by atoms with Crippen LogP contribution in [-0.4, -0.2) is 12.4 Å². The maximum Gasteiger partial charge on any atom is 0.162 e. The van der Waals surface area contributed by atoms with Gasteiger partial charge >= 0.3 is 0 Å². The third kappa shape index (κ3) is 4.51. The van der Waals surface area contributed by atoms with Gasteiger partial charge in [0.15, 0.2) is 5.78 Å². The molecule has 0 atom stereocenters. The van der Waals surface area contributed by atoms with Gasteiger partial charge in [-0.3, -0.25) is 4.79 Å². The number of benzene rings is 2. The van der Waals surface area contributed by atoms with Gasteiger partial charge in [-0.25, -0.2) is 0 Å². The van der Waals surface area contributed by atoms with Crippen molar-refractivity contribution in [3.63, 3.8) is 0 Å². The fourth-order valence-corrected chi connectivity index (χ4v) is 1.96. The first-order chi connectivity index (χ1) is 9.25. The number of hydrogen-bond acceptors (Lipinski definition) is 2. The summed E-state index contributed by atoms with van der Waals surface area (Å²) in [7, 11) is 0. The van der Waals surface area contributed by atoms with E-state index in [1.807, 2.05) is 54.6 Å². The smallest absolute Gasteiger partial charge is 0.162 e. The molecule has 19 heavy (non-hydrogen) atoms. The molecule has 0 bridgehead atoms. The Morgan fingerprint density at radius 1 is 1.00 bits per heavy atom. The number of carbonyl (C=O) groups excluding carboxylic acids is 1. The first-order valence-electron chi connectivity index (χ1n) is 6.12. The third-order valence-corrected chi connectivity index (χ3v) is 3.09. The number of Topliss-reactive ketones (excluding diaryl/α,β-unsaturated/α-hetero) is 1. The van der Waals surface area contributed by atoms with Gasteiger partial charge in [0.1, 0.15) is 6.61 Å². The van der Waals surface area contributed by atoms with Crippen molar-refractivity contribution in [2.75, 3.05) is 6.61 Å². The predicted octanol–water partition coefficient (Wildman–Crippen LogP) is 3.67. The Bertz CT molecular complexity index is 537. The maximum atomic E-state index is 11.7. The molecular weight excluding hydrogens is 260 g/mol. The van der Waals surface area contributed by atoms with Crippen molar-refractivity contribution in [2.24, 2.45) is 0 Å². The van der Waals surface area contributed by atoms with Crippen LogP contribution in [0.2, 0.25) is 5.02 Å². The molecule has 0 aliphatic rings. The lowest BCUT2D eigenvalue weighted by Gasteiger charge is -2.05. The molecule has 0 spiro atoms. The zero-order valence-corrected chi connectivity index (χ0v) is 11.3. The van der Waals surface area contributed by atoms with E-state index in [2.05, 4.69) is 0 Å². The van der Waals surface area contributed by atoms with E-state index in [9.17, 15) is 4.79 Å². The fourth-order valence-electron chi connectivity index (χ4n) is 1.76. The lowest BCUT2D eigenvalue weighted by molar-refractivity contribution is -0.123. The lowest BCUT2D eigenvalue weighted by atomic mass is 10.1. The molecule has 0 unspecified atom stereocenters. The number of hydrogen-bond donors (Lipinski definition) is 0. The zero-order valence-electron chi connectivity index (χ0n) is 10.5. The molecule has 2 nitrogen and oxygen atoms in total. The quantitative estimate of drug-likeness (QED) is 0.803. The van der Waals surface area contributed by atoms with E-state index < -0.39 is 0 Å². The largest absolute Gasteiger partial charge is 0.369 e. The molecule has 2 rings (SSSR count). The van der Waals surface area contributed by atoms with E-state index in [4.69, 9.17) is 16.3 Å². The summed E-state index contributed by atoms with van der Waals surface area (Å²) in [6.45, 7) is 0.473. The second-order valence-corrected chi connectivity index (χ2v) is 4.69. The van der Waals surface area contributed by atoms with Crippen LogP contribution in [0.1, 0.15) is 11.1 Å². The summed E-state index contributed by atoms with van der Waals surface area (Å²) in [6, 6.07) is 17.1. The van der Waals surface area contributed by atoms with Gasteiger partial charge in [0.05, 0.1) is 6.61 Å². The van der Waals surface area contributed by atoms with Gasteiger partial charge in [-0.2, -0.15) is 0 Å². The average molecular weight is 275 g/mol. The Morgan fingerprint density at radius 3 is 2.42 bits per heavy atom. The molecule has 0 N–H and O–H groups in total. The summed E-state index contributed by atoms with van der Waals surface area (Å²) in [5.41, 5.74) is 1.91. The molecule has 2 aromatic carbocycles. The molecule has 0 fully saturated rings. The standard InChI is InChI=1S/C16H15ClO2/c17-16-9-5-4-8-14(16)11-19-12-15(18)10-13-6-2-1-3-7-13/h1-9H,10-12H2. The van der Waals surface area contributed by atoms with Crippen LogP contribution in [0.3, 0.4) is 0 Å². The molecule has 0 aliphatic carbocycles. The average Bonchev–Trinajstić information content (AvgIpc) is 2.42. The van der Waals surface area contributed by atoms with Crippen molar-refractivity contribution >= 4 is 17.4 Å². The predicted molar refractivity (Wildman–Crippen MR) is 76.3 cm³/mol. The highest BCUT2D eigenvalue weighted by atomic mass is 35.5. The van der Waals surface area contributed by atoms with Gasteiger partial charge in [-0.1, -0.05) is 60.1 Å². The minimum atomic E-state index is 0.0678. The first kappa shape index (κ1) is 13.8. The van der Waals surface area contributed by atoms with E-state index >= 15 is 0 Å². The van der Waals surface area contributed by atoms with Crippen molar-refractivity contribution in [1.82, 2.24) is 0 Å². The highest BCUT2D eigenvalue weighted by Gasteiger charge is 2.05. The molecule has 0 aliphatic heterocycles. The molecule has 3 heteroatoms. The SMILES string of the molecule is O=C(COCc1ccccc1Cl)Cc1ccccc1. The third-order valence-electron chi connectivity index (χ3n) is 2.72. The first-order valence-corrected chi connectivity index (χ1v) is 6.50. The van der Waals surface area contributed by atoms with Crippen LogP contribution in [0.4, 0.5) is 0 Å². The highest BCUT2D eigenvalue weighted by Crippen LogP contribution is 2.15. The Balaban J connectivity index is 1.77. The summed E-state index contributed by atoms with van der Waals surface area (Å²) in [4.78, 5) is 11.7. The Labute approximate surface area is 118 Å². The second-order valence-electron chi connectivity index (χ2n) is 4.29. The summed E-state index contributed by atoms with van der Waals surface area (Å²) < 4.78 is 5.40. The van der Waals surface area contributed by atoms with Crippen LogP contribution < -0.4 is 0 Å². The summed E-state index contributed by atoms with van der Waals surface area (Å²) in [5, 5.41) is 0.665. The van der Waals surface area contributed by atoms with Crippen LogP contribution in [-0.2, 0) is 22.6 Å². The highest BCUT2D eigenvalue weighted by molar-refractivity contribution is 6.31. The van der Waals surface area contributed by atoms with Gasteiger partial charge in [0, 0.05) is 11.4 Å². The van der Waals surface area contributed by atoms with Crippen LogP contribution in [0.25, 0.3) is 0 Å². The molecule has 0 aromatic heterocycles. The molecule has 0 saturated carbocycles. The van der Waals surface area contributed by atoms with Gasteiger partial charge < -0.3 is 4.74 Å². The fraction of sp³-hybridized carbons (Fsp3) is 0.188. The minimum Gasteiger partial charge on any atom is -0.369 e. The van der Waals surface area contributed by atoms with Crippen molar-refractivity contribution in [1.29, 1.82) is 0 Å². The summed E-state index contributed by atoms with van der Waals surface area (Å²) in [6.07, 6.45) is 0.406. The number of rotatable bonds is 6. The van der Waals surface area contributed by atoms with Gasteiger partial charge in [0.25, 0.3) is 0 Å². The number of halogens is 1. The Hall–Kier alpha value is -1.64. The molecule has 98 valence electrons. The van der Waals surface area contributed by atoms with Gasteiger partial charge in [-0.15, -0.1) is 0 Å². The number of ketones is 1. The van der Waals surface area contributed by atoms with E-state index in [0.29, 0.717) is 18.1 Å².